The van der Waals surface area contributed by atoms with Gasteiger partial charge in [-0.15, -0.1) is 0 Å². The summed E-state index contributed by atoms with van der Waals surface area (Å²) in [6.45, 7) is 9.89. The summed E-state index contributed by atoms with van der Waals surface area (Å²) in [5.74, 6) is 0.904. The summed E-state index contributed by atoms with van der Waals surface area (Å²) < 4.78 is 7.75. The van der Waals surface area contributed by atoms with Gasteiger partial charge in [-0.3, -0.25) is 4.68 Å². The highest BCUT2D eigenvalue weighted by Gasteiger charge is 2.29. The van der Waals surface area contributed by atoms with Crippen LogP contribution in [0.15, 0.2) is 48.2 Å². The van der Waals surface area contributed by atoms with E-state index >= 15 is 0 Å². The van der Waals surface area contributed by atoms with Crippen molar-refractivity contribution in [1.29, 1.82) is 0 Å². The summed E-state index contributed by atoms with van der Waals surface area (Å²) in [4.78, 5) is 13.9. The summed E-state index contributed by atoms with van der Waals surface area (Å²) in [6.07, 6.45) is 4.24. The summed E-state index contributed by atoms with van der Waals surface area (Å²) in [5.41, 5.74) is 2.69. The van der Waals surface area contributed by atoms with Gasteiger partial charge in [-0.1, -0.05) is 36.4 Å². The molecule has 0 amide bonds. The monoisotopic (exact) mass is 367 g/mol. The third kappa shape index (κ3) is 4.30. The summed E-state index contributed by atoms with van der Waals surface area (Å²) in [7, 11) is 0. The van der Waals surface area contributed by atoms with Gasteiger partial charge in [0.2, 0.25) is 0 Å². The molecule has 1 aliphatic rings. The van der Waals surface area contributed by atoms with Crippen molar-refractivity contribution in [3.8, 4) is 0 Å². The number of ether oxygens (including phenoxy) is 1. The smallest absolute Gasteiger partial charge is 0.155 e. The average Bonchev–Trinajstić information content (AvgIpc) is 3.23. The molecule has 0 saturated heterocycles. The second-order valence-corrected chi connectivity index (χ2v) is 7.79. The summed E-state index contributed by atoms with van der Waals surface area (Å²) in [6, 6.07) is 12.6. The number of carbonyl (C=O) groups excluding carboxylic acids is 1. The molecule has 1 unspecified atom stereocenters. The average molecular weight is 367 g/mol. The van der Waals surface area contributed by atoms with Crippen molar-refractivity contribution in [3.05, 3.63) is 59.4 Å². The van der Waals surface area contributed by atoms with E-state index in [0.29, 0.717) is 25.8 Å². The number of hydrogen-bond acceptors (Lipinski definition) is 4. The predicted molar refractivity (Wildman–Crippen MR) is 108 cm³/mol. The quantitative estimate of drug-likeness (QED) is 0.521. The van der Waals surface area contributed by atoms with Crippen LogP contribution in [0.2, 0.25) is 0 Å². The number of allylic oxidation sites excluding steroid dienone is 1. The molecule has 27 heavy (non-hydrogen) atoms. The van der Waals surface area contributed by atoms with Gasteiger partial charge in [0.15, 0.2) is 5.82 Å². The van der Waals surface area contributed by atoms with E-state index in [2.05, 4.69) is 37.0 Å². The van der Waals surface area contributed by atoms with Crippen molar-refractivity contribution in [3.63, 3.8) is 0 Å². The van der Waals surface area contributed by atoms with E-state index in [4.69, 9.17) is 9.84 Å². The van der Waals surface area contributed by atoms with Crippen LogP contribution in [-0.4, -0.2) is 28.7 Å². The van der Waals surface area contributed by atoms with Crippen LogP contribution < -0.4 is 4.90 Å². The summed E-state index contributed by atoms with van der Waals surface area (Å²) in [5, 5.41) is 4.81. The second-order valence-electron chi connectivity index (χ2n) is 7.79. The Hall–Kier alpha value is -2.40. The largest absolute Gasteiger partial charge is 0.375 e. The number of rotatable bonds is 8. The van der Waals surface area contributed by atoms with E-state index in [9.17, 15) is 4.79 Å². The van der Waals surface area contributed by atoms with Gasteiger partial charge in [0.05, 0.1) is 30.9 Å². The van der Waals surface area contributed by atoms with Crippen LogP contribution in [0.5, 0.6) is 0 Å². The first-order chi connectivity index (χ1) is 12.9. The molecule has 5 nitrogen and oxygen atoms in total. The van der Waals surface area contributed by atoms with Crippen molar-refractivity contribution in [2.45, 2.75) is 58.7 Å². The molecule has 1 aliphatic heterocycles. The highest BCUT2D eigenvalue weighted by atomic mass is 16.5. The Bertz CT molecular complexity index is 808. The minimum atomic E-state index is -0.592. The van der Waals surface area contributed by atoms with Crippen LogP contribution in [0.3, 0.4) is 0 Å². The number of benzene rings is 1. The molecule has 1 aromatic carbocycles. The van der Waals surface area contributed by atoms with Gasteiger partial charge in [0.1, 0.15) is 6.29 Å². The number of carbonyl (C=O) groups is 1. The topological polar surface area (TPSA) is 47.4 Å². The maximum absolute atomic E-state index is 11.7. The maximum Gasteiger partial charge on any atom is 0.155 e. The molecule has 0 N–H and O–H groups in total. The number of hydrogen-bond donors (Lipinski definition) is 0. The third-order valence-electron chi connectivity index (χ3n) is 5.10. The molecule has 0 spiro atoms. The second kappa shape index (κ2) is 8.09. The Morgan fingerprint density at radius 1 is 1.30 bits per heavy atom. The predicted octanol–water partition coefficient (Wildman–Crippen LogP) is 4.08. The molecule has 1 aromatic heterocycles. The lowest BCUT2D eigenvalue weighted by molar-refractivity contribution is -0.111. The molecule has 144 valence electrons. The first-order valence-corrected chi connectivity index (χ1v) is 9.54. The molecular weight excluding hydrogens is 338 g/mol. The lowest BCUT2D eigenvalue weighted by Gasteiger charge is -2.23. The molecule has 2 heterocycles. The molecule has 1 atom stereocenters. The van der Waals surface area contributed by atoms with Crippen molar-refractivity contribution < 1.29 is 9.53 Å². The molecule has 2 aromatic rings. The van der Waals surface area contributed by atoms with Gasteiger partial charge < -0.3 is 14.4 Å². The van der Waals surface area contributed by atoms with Crippen molar-refractivity contribution in [2.75, 3.05) is 11.5 Å². The van der Waals surface area contributed by atoms with E-state index in [-0.39, 0.29) is 0 Å². The van der Waals surface area contributed by atoms with Gasteiger partial charge in [0, 0.05) is 17.8 Å². The minimum Gasteiger partial charge on any atom is -0.375 e. The van der Waals surface area contributed by atoms with Crippen molar-refractivity contribution in [2.24, 2.45) is 0 Å². The standard InChI is InChI=1S/C22H29N3O2/c1-17-10-11-18(2)25(17)21-14-20(22(3,4)16-26)24(23-21)12-13-27-15-19-8-6-5-7-9-19/h5-10,14,16,18H,11-13,15H2,1-4H3. The molecule has 0 radical (unpaired) electrons. The number of aldehydes is 1. The van der Waals surface area contributed by atoms with Crippen LogP contribution in [0.4, 0.5) is 5.82 Å². The fourth-order valence-corrected chi connectivity index (χ4v) is 3.48. The molecule has 0 saturated carbocycles. The van der Waals surface area contributed by atoms with E-state index in [1.807, 2.05) is 42.8 Å². The Labute approximate surface area is 161 Å². The molecule has 5 heteroatoms. The molecule has 0 aliphatic carbocycles. The third-order valence-corrected chi connectivity index (χ3v) is 5.10. The maximum atomic E-state index is 11.7. The van der Waals surface area contributed by atoms with E-state index in [1.165, 1.54) is 5.70 Å². The van der Waals surface area contributed by atoms with Crippen LogP contribution in [0, 0.1) is 0 Å². The van der Waals surface area contributed by atoms with E-state index in [0.717, 1.165) is 29.8 Å². The fourth-order valence-electron chi connectivity index (χ4n) is 3.48. The van der Waals surface area contributed by atoms with Crippen molar-refractivity contribution in [1.82, 2.24) is 9.78 Å². The molecule has 0 fully saturated rings. The van der Waals surface area contributed by atoms with Crippen LogP contribution in [0.25, 0.3) is 0 Å². The van der Waals surface area contributed by atoms with Gasteiger partial charge >= 0.3 is 0 Å². The fraction of sp³-hybridized carbons (Fsp3) is 0.455. The first-order valence-electron chi connectivity index (χ1n) is 9.54. The SMILES string of the molecule is CC1=CCC(C)N1c1cc(C(C)(C)C=O)n(CCOCc2ccccc2)n1. The van der Waals surface area contributed by atoms with E-state index in [1.54, 1.807) is 0 Å². The minimum absolute atomic E-state index is 0.384. The highest BCUT2D eigenvalue weighted by Crippen LogP contribution is 2.31. The van der Waals surface area contributed by atoms with Gasteiger partial charge in [-0.25, -0.2) is 0 Å². The zero-order chi connectivity index (χ0) is 19.4. The van der Waals surface area contributed by atoms with Crippen LogP contribution in [0.1, 0.15) is 45.4 Å². The van der Waals surface area contributed by atoms with Gasteiger partial charge in [-0.05, 0) is 39.7 Å². The van der Waals surface area contributed by atoms with Crippen molar-refractivity contribution >= 4 is 12.1 Å². The number of aromatic nitrogens is 2. The lowest BCUT2D eigenvalue weighted by Crippen LogP contribution is -2.26. The first kappa shape index (κ1) is 19.4. The van der Waals surface area contributed by atoms with Crippen LogP contribution in [-0.2, 0) is 28.1 Å². The number of nitrogens with zero attached hydrogens (tertiary/aromatic N) is 3. The van der Waals surface area contributed by atoms with E-state index < -0.39 is 5.41 Å². The Morgan fingerprint density at radius 2 is 2.04 bits per heavy atom. The Balaban J connectivity index is 1.74. The summed E-state index contributed by atoms with van der Waals surface area (Å²) >= 11 is 0. The van der Waals surface area contributed by atoms with Gasteiger partial charge in [-0.2, -0.15) is 5.10 Å². The Morgan fingerprint density at radius 3 is 2.67 bits per heavy atom. The zero-order valence-electron chi connectivity index (χ0n) is 16.7. The van der Waals surface area contributed by atoms with Crippen LogP contribution >= 0.6 is 0 Å². The lowest BCUT2D eigenvalue weighted by atomic mass is 9.91. The Kier molecular flexibility index (Phi) is 5.80. The molecular formula is C22H29N3O2. The molecule has 3 rings (SSSR count). The molecule has 0 bridgehead atoms. The van der Waals surface area contributed by atoms with Gasteiger partial charge in [0.25, 0.3) is 0 Å². The normalized spacial score (nSPS) is 17.3. The highest BCUT2D eigenvalue weighted by molar-refractivity contribution is 5.67. The zero-order valence-corrected chi connectivity index (χ0v) is 16.7. The number of anilines is 1.